The number of rotatable bonds is 2. The predicted octanol–water partition coefficient (Wildman–Crippen LogP) is 2.05. The second-order valence-electron chi connectivity index (χ2n) is 2.87. The van der Waals surface area contributed by atoms with Crippen LogP contribution in [-0.4, -0.2) is 23.9 Å². The van der Waals surface area contributed by atoms with Crippen LogP contribution in [0, 0.1) is 0 Å². The molecule has 0 amide bonds. The Morgan fingerprint density at radius 3 is 3.00 bits per heavy atom. The number of hydrogen-bond donors (Lipinski definition) is 0. The molecule has 1 fully saturated rings. The van der Waals surface area contributed by atoms with Crippen molar-refractivity contribution in [2.24, 2.45) is 4.99 Å². The minimum Gasteiger partial charge on any atom is -0.376 e. The maximum Gasteiger partial charge on any atom is 0.0836 e. The highest BCUT2D eigenvalue weighted by molar-refractivity contribution is 7.78. The summed E-state index contributed by atoms with van der Waals surface area (Å²) < 4.78 is 5.51. The molecule has 0 unspecified atom stereocenters. The summed E-state index contributed by atoms with van der Waals surface area (Å²) in [5, 5.41) is 2.39. The number of ether oxygens (including phenoxy) is 1. The summed E-state index contributed by atoms with van der Waals surface area (Å²) in [6.45, 7) is 2.90. The Morgan fingerprint density at radius 2 is 2.45 bits per heavy atom. The van der Waals surface area contributed by atoms with Gasteiger partial charge in [0.05, 0.1) is 17.3 Å². The third-order valence-electron chi connectivity index (χ3n) is 2.01. The van der Waals surface area contributed by atoms with Gasteiger partial charge in [0, 0.05) is 6.61 Å². The molecule has 1 rings (SSSR count). The van der Waals surface area contributed by atoms with Gasteiger partial charge in [0.25, 0.3) is 0 Å². The lowest BCUT2D eigenvalue weighted by Gasteiger charge is -2.24. The number of hydrogen-bond acceptors (Lipinski definition) is 3. The molecule has 0 saturated carbocycles. The van der Waals surface area contributed by atoms with Crippen molar-refractivity contribution in [3.8, 4) is 0 Å². The van der Waals surface area contributed by atoms with Crippen molar-refractivity contribution >= 4 is 17.4 Å². The Morgan fingerprint density at radius 1 is 1.64 bits per heavy atom. The van der Waals surface area contributed by atoms with Gasteiger partial charge in [-0.25, -0.2) is 4.99 Å². The van der Waals surface area contributed by atoms with E-state index in [9.17, 15) is 0 Å². The summed E-state index contributed by atoms with van der Waals surface area (Å²) in [6.07, 6.45) is 3.83. The first kappa shape index (κ1) is 8.85. The Bertz CT molecular complexity index is 159. The molecule has 0 aromatic carbocycles. The van der Waals surface area contributed by atoms with Crippen LogP contribution in [0.25, 0.3) is 0 Å². The van der Waals surface area contributed by atoms with Crippen LogP contribution < -0.4 is 0 Å². The highest BCUT2D eigenvalue weighted by Crippen LogP contribution is 2.16. The lowest BCUT2D eigenvalue weighted by Crippen LogP contribution is -2.28. The molecule has 0 bridgehead atoms. The highest BCUT2D eigenvalue weighted by atomic mass is 32.1. The van der Waals surface area contributed by atoms with E-state index < -0.39 is 0 Å². The molecule has 0 N–H and O–H groups in total. The monoisotopic (exact) mass is 171 g/mol. The lowest BCUT2D eigenvalue weighted by atomic mass is 10.0. The van der Waals surface area contributed by atoms with Crippen molar-refractivity contribution in [3.63, 3.8) is 0 Å². The lowest BCUT2D eigenvalue weighted by molar-refractivity contribution is 0.00469. The van der Waals surface area contributed by atoms with Crippen LogP contribution in [0.5, 0.6) is 0 Å². The smallest absolute Gasteiger partial charge is 0.0836 e. The summed E-state index contributed by atoms with van der Waals surface area (Å²) in [5.74, 6) is 0. The van der Waals surface area contributed by atoms with Crippen molar-refractivity contribution in [3.05, 3.63) is 0 Å². The first-order valence-electron chi connectivity index (χ1n) is 4.03. The molecule has 0 aromatic rings. The average molecular weight is 171 g/mol. The van der Waals surface area contributed by atoms with Crippen LogP contribution in [-0.2, 0) is 4.74 Å². The fourth-order valence-corrected chi connectivity index (χ4v) is 1.48. The van der Waals surface area contributed by atoms with E-state index in [2.05, 4.69) is 22.4 Å². The Hall–Kier alpha value is -0.240. The second kappa shape index (κ2) is 4.60. The zero-order valence-corrected chi connectivity index (χ0v) is 7.56. The normalized spacial score (nSPS) is 27.2. The van der Waals surface area contributed by atoms with Crippen LogP contribution in [0.1, 0.15) is 26.2 Å². The van der Waals surface area contributed by atoms with E-state index in [1.807, 2.05) is 6.92 Å². The number of nitrogens with zero attached hydrogens (tertiary/aromatic N) is 1. The van der Waals surface area contributed by atoms with Gasteiger partial charge >= 0.3 is 0 Å². The molecule has 1 saturated heterocycles. The molecule has 1 heterocycles. The molecule has 2 nitrogen and oxygen atoms in total. The van der Waals surface area contributed by atoms with Crippen LogP contribution in [0.15, 0.2) is 4.99 Å². The van der Waals surface area contributed by atoms with E-state index in [-0.39, 0.29) is 12.1 Å². The minimum atomic E-state index is 0.188. The first-order valence-corrected chi connectivity index (χ1v) is 4.44. The maximum absolute atomic E-state index is 5.51. The molecular weight excluding hydrogens is 158 g/mol. The fourth-order valence-electron chi connectivity index (χ4n) is 1.31. The Labute approximate surface area is 72.7 Å². The van der Waals surface area contributed by atoms with E-state index in [0.29, 0.717) is 0 Å². The van der Waals surface area contributed by atoms with Gasteiger partial charge < -0.3 is 4.74 Å². The van der Waals surface area contributed by atoms with Crippen molar-refractivity contribution in [1.82, 2.24) is 0 Å². The topological polar surface area (TPSA) is 21.6 Å². The molecule has 0 aliphatic carbocycles. The Balaban J connectivity index is 2.38. The van der Waals surface area contributed by atoms with Gasteiger partial charge in [-0.3, -0.25) is 0 Å². The SMILES string of the molecule is C[C@H](N=C=S)[C@H]1CCCCO1. The van der Waals surface area contributed by atoms with Gasteiger partial charge in [-0.2, -0.15) is 0 Å². The van der Waals surface area contributed by atoms with Gasteiger partial charge in [0.2, 0.25) is 0 Å². The van der Waals surface area contributed by atoms with Gasteiger partial charge in [0.1, 0.15) is 0 Å². The number of aliphatic imine (C=N–C) groups is 1. The van der Waals surface area contributed by atoms with E-state index >= 15 is 0 Å². The summed E-state index contributed by atoms with van der Waals surface area (Å²) in [5.41, 5.74) is 0. The first-order chi connectivity index (χ1) is 5.34. The van der Waals surface area contributed by atoms with Crippen molar-refractivity contribution in [1.29, 1.82) is 0 Å². The van der Waals surface area contributed by atoms with Gasteiger partial charge in [-0.15, -0.1) is 0 Å². The standard InChI is InChI=1S/C8H13NOS/c1-7(9-6-11)8-4-2-3-5-10-8/h7-8H,2-5H2,1H3/t7-,8+/m0/s1. The van der Waals surface area contributed by atoms with Gasteiger partial charge in [-0.05, 0) is 38.4 Å². The van der Waals surface area contributed by atoms with Gasteiger partial charge in [0.15, 0.2) is 0 Å². The molecule has 11 heavy (non-hydrogen) atoms. The molecular formula is C8H13NOS. The largest absolute Gasteiger partial charge is 0.376 e. The number of thiocarbonyl (C=S) groups is 1. The molecule has 1 aliphatic rings. The third kappa shape index (κ3) is 2.70. The van der Waals surface area contributed by atoms with Crippen molar-refractivity contribution < 1.29 is 4.74 Å². The zero-order valence-electron chi connectivity index (χ0n) is 6.75. The molecule has 0 spiro atoms. The van der Waals surface area contributed by atoms with Gasteiger partial charge in [-0.1, -0.05) is 0 Å². The Kier molecular flexibility index (Phi) is 3.70. The highest BCUT2D eigenvalue weighted by Gasteiger charge is 2.19. The molecule has 1 aliphatic heterocycles. The van der Waals surface area contributed by atoms with Crippen LogP contribution in [0.3, 0.4) is 0 Å². The fraction of sp³-hybridized carbons (Fsp3) is 0.875. The predicted molar refractivity (Wildman–Crippen MR) is 48.1 cm³/mol. The van der Waals surface area contributed by atoms with E-state index in [0.717, 1.165) is 13.0 Å². The van der Waals surface area contributed by atoms with E-state index in [4.69, 9.17) is 4.74 Å². The average Bonchev–Trinajstić information content (AvgIpc) is 2.07. The quantitative estimate of drug-likeness (QED) is 0.468. The molecule has 0 aromatic heterocycles. The summed E-state index contributed by atoms with van der Waals surface area (Å²) in [6, 6.07) is 0.188. The van der Waals surface area contributed by atoms with E-state index in [1.165, 1.54) is 12.8 Å². The molecule has 2 atom stereocenters. The minimum absolute atomic E-state index is 0.188. The molecule has 62 valence electrons. The van der Waals surface area contributed by atoms with Crippen LogP contribution >= 0.6 is 12.2 Å². The summed E-state index contributed by atoms with van der Waals surface area (Å²) in [4.78, 5) is 3.99. The zero-order chi connectivity index (χ0) is 8.10. The molecule has 0 radical (unpaired) electrons. The summed E-state index contributed by atoms with van der Waals surface area (Å²) >= 11 is 4.53. The van der Waals surface area contributed by atoms with Crippen LogP contribution in [0.4, 0.5) is 0 Å². The maximum atomic E-state index is 5.51. The van der Waals surface area contributed by atoms with Crippen molar-refractivity contribution in [2.45, 2.75) is 38.3 Å². The number of isothiocyanates is 1. The molecule has 3 heteroatoms. The van der Waals surface area contributed by atoms with Crippen molar-refractivity contribution in [2.75, 3.05) is 6.61 Å². The second-order valence-corrected chi connectivity index (χ2v) is 3.05. The van der Waals surface area contributed by atoms with Crippen LogP contribution in [0.2, 0.25) is 0 Å². The third-order valence-corrected chi connectivity index (χ3v) is 2.11. The van der Waals surface area contributed by atoms with E-state index in [1.54, 1.807) is 0 Å². The summed E-state index contributed by atoms with van der Waals surface area (Å²) in [7, 11) is 0.